The maximum absolute atomic E-state index is 13.0. The standard InChI is InChI=1S/C25H28O6/c1-13(2)8-9-14-10-15-19(31-25(14,3)4)12-21-23(24(15)29)18(28)11-20(30-21)22-16(26)6-5-7-17(22)27/h5-8,12,14,20,26-27,29H,9-11H2,1-4H3/t14-,20-/m0/s1. The van der Waals surface area contributed by atoms with Crippen molar-refractivity contribution in [2.45, 2.75) is 58.7 Å². The summed E-state index contributed by atoms with van der Waals surface area (Å²) in [6, 6.07) is 6.02. The number of carbonyl (C=O) groups is 1. The molecule has 2 aliphatic rings. The number of hydrogen-bond donors (Lipinski definition) is 3. The van der Waals surface area contributed by atoms with Crippen LogP contribution in [0.4, 0.5) is 0 Å². The number of hydrogen-bond acceptors (Lipinski definition) is 6. The first-order chi connectivity index (χ1) is 14.6. The van der Waals surface area contributed by atoms with Gasteiger partial charge >= 0.3 is 0 Å². The van der Waals surface area contributed by atoms with Crippen LogP contribution in [-0.2, 0) is 6.42 Å². The molecule has 0 unspecified atom stereocenters. The molecule has 0 saturated carbocycles. The molecular weight excluding hydrogens is 396 g/mol. The minimum absolute atomic E-state index is 0.0992. The number of phenols is 3. The van der Waals surface area contributed by atoms with E-state index in [0.717, 1.165) is 6.42 Å². The lowest BCUT2D eigenvalue weighted by molar-refractivity contribution is 0.0264. The Labute approximate surface area is 181 Å². The second-order valence-corrected chi connectivity index (χ2v) is 9.14. The van der Waals surface area contributed by atoms with E-state index in [-0.39, 0.29) is 52.2 Å². The van der Waals surface area contributed by atoms with Crippen LogP contribution in [0.1, 0.15) is 68.1 Å². The topological polar surface area (TPSA) is 96.2 Å². The molecular formula is C25H28O6. The summed E-state index contributed by atoms with van der Waals surface area (Å²) in [5.41, 5.74) is 1.66. The molecule has 0 radical (unpaired) electrons. The number of benzene rings is 2. The highest BCUT2D eigenvalue weighted by molar-refractivity contribution is 6.03. The van der Waals surface area contributed by atoms with Crippen LogP contribution < -0.4 is 9.47 Å². The number of rotatable bonds is 3. The zero-order valence-corrected chi connectivity index (χ0v) is 18.2. The summed E-state index contributed by atoms with van der Waals surface area (Å²) in [4.78, 5) is 13.0. The fourth-order valence-electron chi connectivity index (χ4n) is 4.41. The van der Waals surface area contributed by atoms with E-state index in [1.165, 1.54) is 23.8 Å². The molecule has 3 N–H and O–H groups in total. The predicted octanol–water partition coefficient (Wildman–Crippen LogP) is 5.20. The molecule has 2 aromatic carbocycles. The van der Waals surface area contributed by atoms with E-state index in [1.807, 2.05) is 27.7 Å². The summed E-state index contributed by atoms with van der Waals surface area (Å²) in [5.74, 6) is 0.119. The van der Waals surface area contributed by atoms with Crippen LogP contribution in [0.15, 0.2) is 35.9 Å². The Morgan fingerprint density at radius 1 is 1.13 bits per heavy atom. The predicted molar refractivity (Wildman–Crippen MR) is 116 cm³/mol. The molecule has 0 aliphatic carbocycles. The molecule has 0 bridgehead atoms. The third kappa shape index (κ3) is 3.71. The van der Waals surface area contributed by atoms with Crippen molar-refractivity contribution in [1.82, 2.24) is 0 Å². The van der Waals surface area contributed by atoms with Crippen LogP contribution in [0, 0.1) is 5.92 Å². The minimum Gasteiger partial charge on any atom is -0.507 e. The smallest absolute Gasteiger partial charge is 0.174 e. The SMILES string of the molecule is CC(C)=CC[C@H]1Cc2c(cc3c(c2O)C(=O)C[C@@H](c2c(O)cccc2O)O3)OC1(C)C. The van der Waals surface area contributed by atoms with Gasteiger partial charge in [-0.2, -0.15) is 0 Å². The molecule has 0 amide bonds. The van der Waals surface area contributed by atoms with Crippen molar-refractivity contribution in [2.75, 3.05) is 0 Å². The van der Waals surface area contributed by atoms with Crippen LogP contribution in [-0.4, -0.2) is 26.7 Å². The Balaban J connectivity index is 1.74. The first-order valence-corrected chi connectivity index (χ1v) is 10.5. The number of phenolic OH excluding ortho intramolecular Hbond substituents is 3. The van der Waals surface area contributed by atoms with E-state index >= 15 is 0 Å². The van der Waals surface area contributed by atoms with Crippen molar-refractivity contribution >= 4 is 5.78 Å². The van der Waals surface area contributed by atoms with E-state index in [9.17, 15) is 20.1 Å². The molecule has 2 atom stereocenters. The maximum atomic E-state index is 13.0. The van der Waals surface area contributed by atoms with Crippen LogP contribution >= 0.6 is 0 Å². The summed E-state index contributed by atoms with van der Waals surface area (Å²) in [6.45, 7) is 8.13. The highest BCUT2D eigenvalue weighted by atomic mass is 16.5. The van der Waals surface area contributed by atoms with Crippen molar-refractivity contribution < 1.29 is 29.6 Å². The lowest BCUT2D eigenvalue weighted by Crippen LogP contribution is -2.42. The van der Waals surface area contributed by atoms with Crippen molar-refractivity contribution in [2.24, 2.45) is 5.92 Å². The number of carbonyl (C=O) groups excluding carboxylic acids is 1. The van der Waals surface area contributed by atoms with Gasteiger partial charge in [0.1, 0.15) is 46.0 Å². The Kier molecular flexibility index (Phi) is 5.12. The van der Waals surface area contributed by atoms with Crippen LogP contribution in [0.5, 0.6) is 28.7 Å². The Morgan fingerprint density at radius 3 is 2.45 bits per heavy atom. The molecule has 6 nitrogen and oxygen atoms in total. The lowest BCUT2D eigenvalue weighted by atomic mass is 9.79. The summed E-state index contributed by atoms with van der Waals surface area (Å²) in [6.07, 6.45) is 2.60. The molecule has 0 aromatic heterocycles. The van der Waals surface area contributed by atoms with Crippen molar-refractivity contribution in [3.8, 4) is 28.7 Å². The molecule has 0 fully saturated rings. The molecule has 2 heterocycles. The molecule has 31 heavy (non-hydrogen) atoms. The Morgan fingerprint density at radius 2 is 1.81 bits per heavy atom. The van der Waals surface area contributed by atoms with Gasteiger partial charge in [-0.25, -0.2) is 0 Å². The fourth-order valence-corrected chi connectivity index (χ4v) is 4.41. The lowest BCUT2D eigenvalue weighted by Gasteiger charge is -2.41. The van der Waals surface area contributed by atoms with Crippen LogP contribution in [0.3, 0.4) is 0 Å². The number of Topliss-reactive ketones (excluding diaryl/α,β-unsaturated/α-hetero) is 1. The van der Waals surface area contributed by atoms with Gasteiger partial charge in [0.15, 0.2) is 5.78 Å². The summed E-state index contributed by atoms with van der Waals surface area (Å²) >= 11 is 0. The van der Waals surface area contributed by atoms with Gasteiger partial charge in [0.2, 0.25) is 0 Å². The highest BCUT2D eigenvalue weighted by Gasteiger charge is 2.41. The summed E-state index contributed by atoms with van der Waals surface area (Å²) in [7, 11) is 0. The van der Waals surface area contributed by atoms with E-state index in [0.29, 0.717) is 17.7 Å². The van der Waals surface area contributed by atoms with Crippen molar-refractivity contribution in [1.29, 1.82) is 0 Å². The quantitative estimate of drug-likeness (QED) is 0.587. The van der Waals surface area contributed by atoms with E-state index < -0.39 is 11.7 Å². The molecule has 6 heteroatoms. The van der Waals surface area contributed by atoms with Crippen molar-refractivity contribution in [3.05, 3.63) is 52.6 Å². The first kappa shape index (κ1) is 21.1. The minimum atomic E-state index is -0.860. The normalized spacial score (nSPS) is 21.4. The largest absolute Gasteiger partial charge is 0.507 e. The molecule has 2 aromatic rings. The second-order valence-electron chi connectivity index (χ2n) is 9.14. The van der Waals surface area contributed by atoms with E-state index in [4.69, 9.17) is 9.47 Å². The molecule has 0 spiro atoms. The molecule has 4 rings (SSSR count). The van der Waals surface area contributed by atoms with Gasteiger partial charge in [-0.3, -0.25) is 4.79 Å². The van der Waals surface area contributed by atoms with Gasteiger partial charge in [-0.1, -0.05) is 17.7 Å². The third-order valence-electron chi connectivity index (χ3n) is 6.25. The summed E-state index contributed by atoms with van der Waals surface area (Å²) < 4.78 is 12.2. The number of ether oxygens (including phenoxy) is 2. The number of aromatic hydroxyl groups is 3. The van der Waals surface area contributed by atoms with Crippen LogP contribution in [0.2, 0.25) is 0 Å². The maximum Gasteiger partial charge on any atom is 0.174 e. The average molecular weight is 424 g/mol. The second kappa shape index (κ2) is 7.52. The number of allylic oxidation sites excluding steroid dienone is 2. The first-order valence-electron chi connectivity index (χ1n) is 10.5. The van der Waals surface area contributed by atoms with Gasteiger partial charge in [-0.05, 0) is 52.7 Å². The number of fused-ring (bicyclic) bond motifs is 2. The zero-order chi connectivity index (χ0) is 22.5. The van der Waals surface area contributed by atoms with Crippen LogP contribution in [0.25, 0.3) is 0 Å². The highest BCUT2D eigenvalue weighted by Crippen LogP contribution is 2.51. The van der Waals surface area contributed by atoms with Crippen molar-refractivity contribution in [3.63, 3.8) is 0 Å². The number of ketones is 1. The molecule has 164 valence electrons. The molecule has 2 aliphatic heterocycles. The van der Waals surface area contributed by atoms with Gasteiger partial charge in [-0.15, -0.1) is 0 Å². The van der Waals surface area contributed by atoms with Gasteiger partial charge in [0, 0.05) is 17.5 Å². The van der Waals surface area contributed by atoms with Gasteiger partial charge in [0.25, 0.3) is 0 Å². The fraction of sp³-hybridized carbons (Fsp3) is 0.400. The van der Waals surface area contributed by atoms with Gasteiger partial charge in [0.05, 0.1) is 12.0 Å². The Hall–Kier alpha value is -3.15. The Bertz CT molecular complexity index is 1060. The zero-order valence-electron chi connectivity index (χ0n) is 18.2. The molecule has 0 saturated heterocycles. The third-order valence-corrected chi connectivity index (χ3v) is 6.25. The van der Waals surface area contributed by atoms with E-state index in [2.05, 4.69) is 6.08 Å². The monoisotopic (exact) mass is 424 g/mol. The average Bonchev–Trinajstić information content (AvgIpc) is 2.65. The summed E-state index contributed by atoms with van der Waals surface area (Å²) in [5, 5.41) is 31.4. The van der Waals surface area contributed by atoms with E-state index in [1.54, 1.807) is 6.07 Å². The van der Waals surface area contributed by atoms with Gasteiger partial charge < -0.3 is 24.8 Å².